The minimum atomic E-state index is -2.96. The second kappa shape index (κ2) is 7.98. The Morgan fingerprint density at radius 2 is 2.21 bits per heavy atom. The maximum Gasteiger partial charge on any atom is 0.316 e. The van der Waals surface area contributed by atoms with Gasteiger partial charge in [0.05, 0.1) is 17.5 Å². The van der Waals surface area contributed by atoms with Gasteiger partial charge in [-0.2, -0.15) is 5.10 Å². The van der Waals surface area contributed by atoms with Gasteiger partial charge in [-0.05, 0) is 12.5 Å². The van der Waals surface area contributed by atoms with Gasteiger partial charge in [-0.15, -0.1) is 0 Å². The molecule has 2 rings (SSSR count). The summed E-state index contributed by atoms with van der Waals surface area (Å²) in [7, 11) is 0.447. The molecule has 1 aromatic rings. The van der Waals surface area contributed by atoms with E-state index >= 15 is 0 Å². The Morgan fingerprint density at radius 3 is 2.88 bits per heavy atom. The number of hydrogen-bond acceptors (Lipinski definition) is 5. The van der Waals surface area contributed by atoms with Crippen LogP contribution in [0.15, 0.2) is 12.3 Å². The molecule has 1 N–H and O–H groups in total. The zero-order valence-electron chi connectivity index (χ0n) is 14.6. The monoisotopic (exact) mass is 357 g/mol. The van der Waals surface area contributed by atoms with Crippen molar-refractivity contribution in [2.24, 2.45) is 0 Å². The largest absolute Gasteiger partial charge is 0.338 e. The van der Waals surface area contributed by atoms with Crippen LogP contribution in [-0.4, -0.2) is 79.3 Å². The fourth-order valence-corrected chi connectivity index (χ4v) is 3.59. The van der Waals surface area contributed by atoms with Crippen LogP contribution in [0.2, 0.25) is 0 Å². The van der Waals surface area contributed by atoms with Crippen LogP contribution >= 0.6 is 0 Å². The third-order valence-corrected chi connectivity index (χ3v) is 5.96. The van der Waals surface area contributed by atoms with Crippen molar-refractivity contribution in [1.82, 2.24) is 24.9 Å². The van der Waals surface area contributed by atoms with Crippen molar-refractivity contribution >= 4 is 15.9 Å². The molecule has 1 aliphatic heterocycles. The van der Waals surface area contributed by atoms with Crippen LogP contribution in [0.5, 0.6) is 0 Å². The second-order valence-corrected chi connectivity index (χ2v) is 8.78. The van der Waals surface area contributed by atoms with Crippen molar-refractivity contribution in [3.05, 3.63) is 18.0 Å². The van der Waals surface area contributed by atoms with Crippen molar-refractivity contribution in [2.75, 3.05) is 45.2 Å². The predicted octanol–water partition coefficient (Wildman–Crippen LogP) is 0.336. The molecule has 2 heterocycles. The van der Waals surface area contributed by atoms with Gasteiger partial charge in [-0.3, -0.25) is 9.58 Å². The highest BCUT2D eigenvalue weighted by molar-refractivity contribution is 7.91. The molecule has 0 unspecified atom stereocenters. The molecular formula is C15H27N5O3S. The lowest BCUT2D eigenvalue weighted by atomic mass is 10.1. The molecule has 24 heavy (non-hydrogen) atoms. The van der Waals surface area contributed by atoms with Gasteiger partial charge in [0.2, 0.25) is 0 Å². The Hall–Kier alpha value is -1.61. The van der Waals surface area contributed by atoms with E-state index in [9.17, 15) is 13.2 Å². The minimum Gasteiger partial charge on any atom is -0.338 e. The summed E-state index contributed by atoms with van der Waals surface area (Å²) in [5.41, 5.74) is 1.08. The Morgan fingerprint density at radius 1 is 1.46 bits per heavy atom. The summed E-state index contributed by atoms with van der Waals surface area (Å²) >= 11 is 0. The SMILES string of the molecule is CCS(=O)(=O)CCN1Cc2ccnn2[C@H](CCNC(=O)N(C)C)C1. The maximum atomic E-state index is 11.7. The Kier molecular flexibility index (Phi) is 6.22. The molecule has 0 saturated heterocycles. The summed E-state index contributed by atoms with van der Waals surface area (Å²) < 4.78 is 25.5. The van der Waals surface area contributed by atoms with Crippen molar-refractivity contribution in [3.63, 3.8) is 0 Å². The molecule has 1 atom stereocenters. The third kappa shape index (κ3) is 4.94. The molecule has 0 aromatic carbocycles. The fraction of sp³-hybridized carbons (Fsp3) is 0.733. The summed E-state index contributed by atoms with van der Waals surface area (Å²) in [6.07, 6.45) is 2.53. The van der Waals surface area contributed by atoms with Crippen LogP contribution in [0.1, 0.15) is 25.1 Å². The van der Waals surface area contributed by atoms with Gasteiger partial charge in [0, 0.05) is 52.2 Å². The van der Waals surface area contributed by atoms with E-state index in [2.05, 4.69) is 15.3 Å². The lowest BCUT2D eigenvalue weighted by molar-refractivity contribution is 0.175. The average Bonchev–Trinajstić information content (AvgIpc) is 3.01. The lowest BCUT2D eigenvalue weighted by Crippen LogP contribution is -2.42. The summed E-state index contributed by atoms with van der Waals surface area (Å²) in [5, 5.41) is 7.24. The van der Waals surface area contributed by atoms with E-state index in [1.165, 1.54) is 4.90 Å². The standard InChI is InChI=1S/C15H27N5O3S/c1-4-24(22,23)10-9-19-11-13(5-7-16-15(21)18(2)3)20-14(12-19)6-8-17-20/h6,8,13H,4-5,7,9-12H2,1-3H3,(H,16,21)/t13-/m1/s1. The number of sulfone groups is 1. The highest BCUT2D eigenvalue weighted by Gasteiger charge is 2.26. The quantitative estimate of drug-likeness (QED) is 0.760. The molecule has 0 radical (unpaired) electrons. The number of carbonyl (C=O) groups excluding carboxylic acids is 1. The maximum absolute atomic E-state index is 11.7. The second-order valence-electron chi connectivity index (χ2n) is 6.31. The minimum absolute atomic E-state index is 0.114. The molecule has 0 saturated carbocycles. The van der Waals surface area contributed by atoms with Gasteiger partial charge < -0.3 is 10.2 Å². The van der Waals surface area contributed by atoms with Gasteiger partial charge in [0.1, 0.15) is 0 Å². The molecule has 1 aliphatic rings. The van der Waals surface area contributed by atoms with Crippen LogP contribution in [0.25, 0.3) is 0 Å². The number of carbonyl (C=O) groups is 1. The number of amides is 2. The predicted molar refractivity (Wildman–Crippen MR) is 92.6 cm³/mol. The number of nitrogens with one attached hydrogen (secondary N) is 1. The highest BCUT2D eigenvalue weighted by Crippen LogP contribution is 2.22. The van der Waals surface area contributed by atoms with Crippen LogP contribution in [0, 0.1) is 0 Å². The lowest BCUT2D eigenvalue weighted by Gasteiger charge is -2.34. The number of nitrogens with zero attached hydrogens (tertiary/aromatic N) is 4. The van der Waals surface area contributed by atoms with Crippen LogP contribution in [0.3, 0.4) is 0 Å². The van der Waals surface area contributed by atoms with Crippen molar-refractivity contribution < 1.29 is 13.2 Å². The fourth-order valence-electron chi connectivity index (χ4n) is 2.76. The molecule has 0 bridgehead atoms. The smallest absolute Gasteiger partial charge is 0.316 e. The van der Waals surface area contributed by atoms with E-state index in [-0.39, 0.29) is 23.6 Å². The van der Waals surface area contributed by atoms with Crippen molar-refractivity contribution in [3.8, 4) is 0 Å². The van der Waals surface area contributed by atoms with Crippen LogP contribution < -0.4 is 5.32 Å². The van der Waals surface area contributed by atoms with E-state index in [1.807, 2.05) is 10.7 Å². The number of fused-ring (bicyclic) bond motifs is 1. The van der Waals surface area contributed by atoms with Crippen LogP contribution in [-0.2, 0) is 16.4 Å². The van der Waals surface area contributed by atoms with E-state index in [4.69, 9.17) is 0 Å². The average molecular weight is 357 g/mol. The van der Waals surface area contributed by atoms with Gasteiger partial charge >= 0.3 is 6.03 Å². The van der Waals surface area contributed by atoms with E-state index < -0.39 is 9.84 Å². The third-order valence-electron chi connectivity index (χ3n) is 4.27. The summed E-state index contributed by atoms with van der Waals surface area (Å²) in [4.78, 5) is 15.3. The number of rotatable bonds is 7. The van der Waals surface area contributed by atoms with Gasteiger partial charge in [-0.1, -0.05) is 6.92 Å². The molecule has 136 valence electrons. The molecule has 0 aliphatic carbocycles. The Labute approximate surface area is 143 Å². The van der Waals surface area contributed by atoms with Crippen molar-refractivity contribution in [2.45, 2.75) is 25.9 Å². The topological polar surface area (TPSA) is 87.5 Å². The van der Waals surface area contributed by atoms with Gasteiger partial charge in [0.25, 0.3) is 0 Å². The zero-order valence-corrected chi connectivity index (χ0v) is 15.4. The Bertz CT molecular complexity index is 656. The first-order chi connectivity index (χ1) is 11.3. The number of urea groups is 1. The first kappa shape index (κ1) is 18.7. The molecule has 9 heteroatoms. The number of aromatic nitrogens is 2. The van der Waals surface area contributed by atoms with E-state index in [0.29, 0.717) is 19.6 Å². The molecular weight excluding hydrogens is 330 g/mol. The summed E-state index contributed by atoms with van der Waals surface area (Å²) in [5.74, 6) is 0.362. The molecule has 8 nitrogen and oxygen atoms in total. The molecule has 0 fully saturated rings. The van der Waals surface area contributed by atoms with Gasteiger partial charge in [0.15, 0.2) is 9.84 Å². The van der Waals surface area contributed by atoms with Gasteiger partial charge in [-0.25, -0.2) is 13.2 Å². The first-order valence-corrected chi connectivity index (χ1v) is 10.0. The van der Waals surface area contributed by atoms with E-state index in [0.717, 1.165) is 18.7 Å². The summed E-state index contributed by atoms with van der Waals surface area (Å²) in [6.45, 7) is 4.21. The molecule has 1 aromatic heterocycles. The zero-order chi connectivity index (χ0) is 17.7. The molecule has 0 spiro atoms. The highest BCUT2D eigenvalue weighted by atomic mass is 32.2. The van der Waals surface area contributed by atoms with Crippen LogP contribution in [0.4, 0.5) is 4.79 Å². The molecule has 2 amide bonds. The normalized spacial score (nSPS) is 18.2. The van der Waals surface area contributed by atoms with E-state index in [1.54, 1.807) is 27.2 Å². The Balaban J connectivity index is 1.94. The van der Waals surface area contributed by atoms with Crippen molar-refractivity contribution in [1.29, 1.82) is 0 Å². The first-order valence-electron chi connectivity index (χ1n) is 8.22. The number of hydrogen-bond donors (Lipinski definition) is 1. The summed E-state index contributed by atoms with van der Waals surface area (Å²) in [6, 6.07) is 1.99.